The summed E-state index contributed by atoms with van der Waals surface area (Å²) in [6.45, 7) is 5.09. The maximum absolute atomic E-state index is 11.9. The van der Waals surface area contributed by atoms with Crippen LogP contribution in [-0.4, -0.2) is 28.6 Å². The molecule has 0 aliphatic heterocycles. The van der Waals surface area contributed by atoms with Gasteiger partial charge in [-0.05, 0) is 30.7 Å². The van der Waals surface area contributed by atoms with Crippen molar-refractivity contribution >= 4 is 10.0 Å². The monoisotopic (exact) mass is 256 g/mol. The Bertz CT molecular complexity index is 455. The van der Waals surface area contributed by atoms with Crippen LogP contribution in [0.15, 0.2) is 29.2 Å². The highest BCUT2D eigenvalue weighted by molar-refractivity contribution is 7.89. The summed E-state index contributed by atoms with van der Waals surface area (Å²) >= 11 is 0. The molecule has 2 N–H and O–H groups in total. The molecule has 0 aliphatic rings. The van der Waals surface area contributed by atoms with Crippen molar-refractivity contribution in [2.24, 2.45) is 0 Å². The highest BCUT2D eigenvalue weighted by Gasteiger charge is 2.13. The molecule has 0 saturated heterocycles. The van der Waals surface area contributed by atoms with Crippen LogP contribution in [-0.2, 0) is 10.0 Å². The second-order valence-corrected chi connectivity index (χ2v) is 6.00. The van der Waals surface area contributed by atoms with Crippen LogP contribution in [0.25, 0.3) is 0 Å². The Morgan fingerprint density at radius 2 is 1.94 bits per heavy atom. The fourth-order valence-corrected chi connectivity index (χ4v) is 2.52. The Hall–Kier alpha value is -0.910. The second kappa shape index (κ2) is 6.14. The van der Waals surface area contributed by atoms with Crippen LogP contribution < -0.4 is 10.0 Å². The van der Waals surface area contributed by atoms with Gasteiger partial charge in [-0.25, -0.2) is 13.1 Å². The Morgan fingerprint density at radius 3 is 2.53 bits per heavy atom. The van der Waals surface area contributed by atoms with Gasteiger partial charge in [-0.2, -0.15) is 0 Å². The first-order valence-corrected chi connectivity index (χ1v) is 7.20. The Balaban J connectivity index is 2.87. The van der Waals surface area contributed by atoms with E-state index in [2.05, 4.69) is 10.0 Å². The molecule has 0 saturated carbocycles. The molecular weight excluding hydrogens is 236 g/mol. The highest BCUT2D eigenvalue weighted by atomic mass is 32.2. The minimum Gasteiger partial charge on any atom is -0.318 e. The van der Waals surface area contributed by atoms with Gasteiger partial charge in [-0.3, -0.25) is 0 Å². The van der Waals surface area contributed by atoms with Gasteiger partial charge in [0, 0.05) is 13.1 Å². The van der Waals surface area contributed by atoms with E-state index in [-0.39, 0.29) is 0 Å². The molecule has 5 heteroatoms. The summed E-state index contributed by atoms with van der Waals surface area (Å²) in [7, 11) is -1.59. The fourth-order valence-electron chi connectivity index (χ4n) is 1.43. The maximum atomic E-state index is 11.9. The van der Waals surface area contributed by atoms with E-state index < -0.39 is 10.0 Å². The van der Waals surface area contributed by atoms with Crippen LogP contribution >= 0.6 is 0 Å². The molecule has 0 bridgehead atoms. The van der Waals surface area contributed by atoms with Crippen molar-refractivity contribution in [3.05, 3.63) is 29.8 Å². The van der Waals surface area contributed by atoms with Gasteiger partial charge < -0.3 is 5.32 Å². The minimum atomic E-state index is -3.38. The van der Waals surface area contributed by atoms with E-state index in [4.69, 9.17) is 0 Å². The van der Waals surface area contributed by atoms with E-state index in [1.807, 2.05) is 19.9 Å². The van der Waals surface area contributed by atoms with Crippen molar-refractivity contribution in [1.29, 1.82) is 0 Å². The molecule has 1 aromatic rings. The van der Waals surface area contributed by atoms with Gasteiger partial charge in [0.1, 0.15) is 0 Å². The second-order valence-electron chi connectivity index (χ2n) is 4.23. The third-order valence-corrected chi connectivity index (χ3v) is 3.96. The van der Waals surface area contributed by atoms with Crippen LogP contribution in [0.5, 0.6) is 0 Å². The van der Waals surface area contributed by atoms with Gasteiger partial charge in [0.2, 0.25) is 10.0 Å². The van der Waals surface area contributed by atoms with Crippen molar-refractivity contribution < 1.29 is 8.42 Å². The van der Waals surface area contributed by atoms with Gasteiger partial charge in [-0.15, -0.1) is 0 Å². The van der Waals surface area contributed by atoms with E-state index >= 15 is 0 Å². The molecule has 4 nitrogen and oxygen atoms in total. The molecule has 17 heavy (non-hydrogen) atoms. The number of sulfonamides is 1. The standard InChI is InChI=1S/C12H20N2O2S/c1-10(2)11-5-4-6-12(9-11)17(15,16)14-8-7-13-3/h4-6,9-10,13-14H,7-8H2,1-3H3. The van der Waals surface area contributed by atoms with E-state index in [9.17, 15) is 8.42 Å². The lowest BCUT2D eigenvalue weighted by Gasteiger charge is -2.09. The molecule has 0 heterocycles. The average Bonchev–Trinajstić information content (AvgIpc) is 2.29. The van der Waals surface area contributed by atoms with E-state index in [0.717, 1.165) is 5.56 Å². The number of hydrogen-bond acceptors (Lipinski definition) is 3. The Morgan fingerprint density at radius 1 is 1.24 bits per heavy atom. The summed E-state index contributed by atoms with van der Waals surface area (Å²) < 4.78 is 26.4. The van der Waals surface area contributed by atoms with E-state index in [1.165, 1.54) is 0 Å². The quantitative estimate of drug-likeness (QED) is 0.754. The molecule has 0 unspecified atom stereocenters. The Labute approximate surface area is 103 Å². The van der Waals surface area contributed by atoms with E-state index in [0.29, 0.717) is 23.9 Å². The van der Waals surface area contributed by atoms with Crippen LogP contribution in [0.4, 0.5) is 0 Å². The first-order valence-electron chi connectivity index (χ1n) is 5.71. The topological polar surface area (TPSA) is 58.2 Å². The van der Waals surface area contributed by atoms with Crippen molar-refractivity contribution in [2.45, 2.75) is 24.7 Å². The van der Waals surface area contributed by atoms with Crippen LogP contribution in [0.3, 0.4) is 0 Å². The van der Waals surface area contributed by atoms with Crippen LogP contribution in [0, 0.1) is 0 Å². The number of benzene rings is 1. The first kappa shape index (κ1) is 14.2. The minimum absolute atomic E-state index is 0.322. The predicted molar refractivity (Wildman–Crippen MR) is 69.6 cm³/mol. The van der Waals surface area contributed by atoms with Crippen LogP contribution in [0.2, 0.25) is 0 Å². The molecule has 0 aromatic heterocycles. The van der Waals surface area contributed by atoms with E-state index in [1.54, 1.807) is 25.2 Å². The number of hydrogen-bond donors (Lipinski definition) is 2. The lowest BCUT2D eigenvalue weighted by Crippen LogP contribution is -2.30. The third-order valence-electron chi connectivity index (χ3n) is 2.50. The molecule has 96 valence electrons. The molecular formula is C12H20N2O2S. The van der Waals surface area contributed by atoms with Gasteiger partial charge >= 0.3 is 0 Å². The van der Waals surface area contributed by atoms with Gasteiger partial charge in [-0.1, -0.05) is 26.0 Å². The number of likely N-dealkylation sites (N-methyl/N-ethyl adjacent to an activating group) is 1. The molecule has 0 fully saturated rings. The fraction of sp³-hybridized carbons (Fsp3) is 0.500. The number of rotatable bonds is 6. The van der Waals surface area contributed by atoms with Crippen molar-refractivity contribution in [1.82, 2.24) is 10.0 Å². The molecule has 1 aromatic carbocycles. The smallest absolute Gasteiger partial charge is 0.240 e. The Kier molecular flexibility index (Phi) is 5.11. The first-order chi connectivity index (χ1) is 7.97. The highest BCUT2D eigenvalue weighted by Crippen LogP contribution is 2.18. The molecule has 0 radical (unpaired) electrons. The van der Waals surface area contributed by atoms with Crippen molar-refractivity contribution in [3.63, 3.8) is 0 Å². The molecule has 1 rings (SSSR count). The SMILES string of the molecule is CNCCNS(=O)(=O)c1cccc(C(C)C)c1. The van der Waals surface area contributed by atoms with Gasteiger partial charge in [0.15, 0.2) is 0 Å². The average molecular weight is 256 g/mol. The summed E-state index contributed by atoms with van der Waals surface area (Å²) in [5, 5.41) is 2.89. The van der Waals surface area contributed by atoms with Gasteiger partial charge in [0.05, 0.1) is 4.90 Å². The zero-order chi connectivity index (χ0) is 12.9. The molecule has 0 spiro atoms. The summed E-state index contributed by atoms with van der Waals surface area (Å²) in [6, 6.07) is 7.07. The maximum Gasteiger partial charge on any atom is 0.240 e. The van der Waals surface area contributed by atoms with Crippen molar-refractivity contribution in [2.75, 3.05) is 20.1 Å². The van der Waals surface area contributed by atoms with Crippen LogP contribution in [0.1, 0.15) is 25.3 Å². The number of nitrogens with one attached hydrogen (secondary N) is 2. The summed E-state index contributed by atoms with van der Waals surface area (Å²) in [4.78, 5) is 0.333. The van der Waals surface area contributed by atoms with Crippen molar-refractivity contribution in [3.8, 4) is 0 Å². The predicted octanol–water partition coefficient (Wildman–Crippen LogP) is 1.31. The summed E-state index contributed by atoms with van der Waals surface area (Å²) in [5.41, 5.74) is 1.03. The normalized spacial score (nSPS) is 12.0. The zero-order valence-electron chi connectivity index (χ0n) is 10.5. The lowest BCUT2D eigenvalue weighted by molar-refractivity contribution is 0.579. The molecule has 0 amide bonds. The largest absolute Gasteiger partial charge is 0.318 e. The summed E-state index contributed by atoms with van der Waals surface area (Å²) in [5.74, 6) is 0.322. The molecule has 0 atom stereocenters. The molecule has 0 aliphatic carbocycles. The summed E-state index contributed by atoms with van der Waals surface area (Å²) in [6.07, 6.45) is 0. The third kappa shape index (κ3) is 4.11. The lowest BCUT2D eigenvalue weighted by atomic mass is 10.0. The van der Waals surface area contributed by atoms with Gasteiger partial charge in [0.25, 0.3) is 0 Å². The zero-order valence-corrected chi connectivity index (χ0v) is 11.3.